The number of benzene rings is 2. The van der Waals surface area contributed by atoms with Crippen LogP contribution in [0.5, 0.6) is 0 Å². The van der Waals surface area contributed by atoms with Crippen LogP contribution in [0.2, 0.25) is 0 Å². The molecule has 1 aliphatic carbocycles. The average molecular weight is 364 g/mol. The summed E-state index contributed by atoms with van der Waals surface area (Å²) in [6.07, 6.45) is 2.26. The Bertz CT molecular complexity index is 830. The quantitative estimate of drug-likeness (QED) is 0.885. The number of carbonyl (C=O) groups excluding carboxylic acids is 2. The zero-order valence-electron chi connectivity index (χ0n) is 15.3. The summed E-state index contributed by atoms with van der Waals surface area (Å²) >= 11 is 0. The molecule has 1 atom stereocenters. The smallest absolute Gasteiger partial charge is 0.251 e. The van der Waals surface area contributed by atoms with E-state index in [4.69, 9.17) is 10.5 Å². The van der Waals surface area contributed by atoms with Crippen molar-refractivity contribution in [2.24, 2.45) is 11.7 Å². The van der Waals surface area contributed by atoms with E-state index in [-0.39, 0.29) is 18.4 Å². The molecule has 1 saturated heterocycles. The van der Waals surface area contributed by atoms with Crippen LogP contribution in [-0.4, -0.2) is 42.0 Å². The summed E-state index contributed by atoms with van der Waals surface area (Å²) in [5.74, 6) is -0.259. The number of rotatable bonds is 5. The van der Waals surface area contributed by atoms with E-state index in [2.05, 4.69) is 12.1 Å². The Morgan fingerprint density at radius 1 is 1.04 bits per heavy atom. The van der Waals surface area contributed by atoms with Crippen molar-refractivity contribution in [3.05, 3.63) is 60.2 Å². The minimum atomic E-state index is -1.16. The highest BCUT2D eigenvalue weighted by atomic mass is 16.5. The summed E-state index contributed by atoms with van der Waals surface area (Å²) in [6.45, 7) is 1.10. The molecule has 0 radical (unpaired) electrons. The van der Waals surface area contributed by atoms with Gasteiger partial charge in [-0.1, -0.05) is 54.6 Å². The molecular formula is C22H24N2O3. The normalized spacial score (nSPS) is 22.4. The third-order valence-electron chi connectivity index (χ3n) is 5.42. The second-order valence-corrected chi connectivity index (χ2v) is 7.48. The summed E-state index contributed by atoms with van der Waals surface area (Å²) in [4.78, 5) is 26.5. The number of carbonyl (C=O) groups is 2. The van der Waals surface area contributed by atoms with E-state index in [1.54, 1.807) is 4.90 Å². The van der Waals surface area contributed by atoms with Crippen LogP contribution >= 0.6 is 0 Å². The average Bonchev–Trinajstić information content (AvgIpc) is 3.54. The number of morpholine rings is 1. The Hall–Kier alpha value is -2.66. The van der Waals surface area contributed by atoms with Crippen LogP contribution < -0.4 is 5.73 Å². The van der Waals surface area contributed by atoms with Gasteiger partial charge < -0.3 is 15.4 Å². The lowest BCUT2D eigenvalue weighted by molar-refractivity contribution is -0.164. The van der Waals surface area contributed by atoms with Crippen molar-refractivity contribution in [3.63, 3.8) is 0 Å². The second-order valence-electron chi connectivity index (χ2n) is 7.48. The number of nitrogens with zero attached hydrogens (tertiary/aromatic N) is 1. The fraction of sp³-hybridized carbons (Fsp3) is 0.364. The van der Waals surface area contributed by atoms with Gasteiger partial charge in [-0.3, -0.25) is 9.59 Å². The SMILES string of the molecule is NC(=O)C1(Cc2ccc(-c3ccccc3)cc2)CN(C(=O)C2CC2)CCO1. The van der Waals surface area contributed by atoms with Crippen molar-refractivity contribution in [1.29, 1.82) is 0 Å². The lowest BCUT2D eigenvalue weighted by atomic mass is 9.90. The van der Waals surface area contributed by atoms with Crippen LogP contribution in [0.1, 0.15) is 18.4 Å². The zero-order chi connectivity index (χ0) is 18.9. The van der Waals surface area contributed by atoms with E-state index in [0.29, 0.717) is 19.6 Å². The maximum atomic E-state index is 12.4. The van der Waals surface area contributed by atoms with Gasteiger partial charge in [-0.25, -0.2) is 0 Å². The lowest BCUT2D eigenvalue weighted by Gasteiger charge is -2.41. The van der Waals surface area contributed by atoms with Crippen LogP contribution in [0.3, 0.4) is 0 Å². The van der Waals surface area contributed by atoms with Gasteiger partial charge >= 0.3 is 0 Å². The minimum Gasteiger partial charge on any atom is -0.367 e. The van der Waals surface area contributed by atoms with Gasteiger partial charge in [0, 0.05) is 18.9 Å². The van der Waals surface area contributed by atoms with Crippen molar-refractivity contribution < 1.29 is 14.3 Å². The molecule has 4 rings (SSSR count). The molecule has 0 bridgehead atoms. The summed E-state index contributed by atoms with van der Waals surface area (Å²) < 4.78 is 5.86. The van der Waals surface area contributed by atoms with E-state index in [1.807, 2.05) is 42.5 Å². The third-order valence-corrected chi connectivity index (χ3v) is 5.42. The summed E-state index contributed by atoms with van der Waals surface area (Å²) in [5, 5.41) is 0. The van der Waals surface area contributed by atoms with Gasteiger partial charge in [-0.15, -0.1) is 0 Å². The van der Waals surface area contributed by atoms with E-state index >= 15 is 0 Å². The molecule has 2 aromatic rings. The molecular weight excluding hydrogens is 340 g/mol. The van der Waals surface area contributed by atoms with Crippen LogP contribution in [0.4, 0.5) is 0 Å². The van der Waals surface area contributed by atoms with E-state index in [1.165, 1.54) is 0 Å². The molecule has 2 N–H and O–H groups in total. The van der Waals surface area contributed by atoms with Crippen molar-refractivity contribution in [2.45, 2.75) is 24.9 Å². The van der Waals surface area contributed by atoms with Gasteiger partial charge in [0.05, 0.1) is 13.2 Å². The van der Waals surface area contributed by atoms with Crippen LogP contribution in [-0.2, 0) is 20.7 Å². The van der Waals surface area contributed by atoms with Crippen LogP contribution in [0, 0.1) is 5.92 Å². The number of amides is 2. The highest BCUT2D eigenvalue weighted by Crippen LogP contribution is 2.33. The molecule has 5 heteroatoms. The van der Waals surface area contributed by atoms with E-state index < -0.39 is 11.5 Å². The van der Waals surface area contributed by atoms with Gasteiger partial charge in [0.1, 0.15) is 0 Å². The molecule has 0 aromatic heterocycles. The summed E-state index contributed by atoms with van der Waals surface area (Å²) in [5.41, 5.74) is 7.79. The molecule has 1 unspecified atom stereocenters. The van der Waals surface area contributed by atoms with Gasteiger partial charge in [0.2, 0.25) is 5.91 Å². The molecule has 2 aromatic carbocycles. The molecule has 1 saturated carbocycles. The van der Waals surface area contributed by atoms with Gasteiger partial charge in [-0.05, 0) is 29.5 Å². The molecule has 1 aliphatic heterocycles. The predicted octanol–water partition coefficient (Wildman–Crippen LogP) is 2.39. The maximum Gasteiger partial charge on any atom is 0.251 e. The molecule has 1 heterocycles. The molecule has 5 nitrogen and oxygen atoms in total. The van der Waals surface area contributed by atoms with Crippen molar-refractivity contribution >= 4 is 11.8 Å². The number of hydrogen-bond acceptors (Lipinski definition) is 3. The fourth-order valence-corrected chi connectivity index (χ4v) is 3.68. The van der Waals surface area contributed by atoms with Crippen molar-refractivity contribution in [3.8, 4) is 11.1 Å². The molecule has 2 aliphatic rings. The molecule has 2 fully saturated rings. The molecule has 140 valence electrons. The highest BCUT2D eigenvalue weighted by Gasteiger charge is 2.45. The first-order valence-electron chi connectivity index (χ1n) is 9.44. The number of hydrogen-bond donors (Lipinski definition) is 1. The maximum absolute atomic E-state index is 12.4. The molecule has 2 amide bonds. The number of nitrogens with two attached hydrogens (primary N) is 1. The van der Waals surface area contributed by atoms with Gasteiger partial charge in [-0.2, -0.15) is 0 Å². The van der Waals surface area contributed by atoms with Gasteiger partial charge in [0.15, 0.2) is 5.60 Å². The van der Waals surface area contributed by atoms with Gasteiger partial charge in [0.25, 0.3) is 5.91 Å². The largest absolute Gasteiger partial charge is 0.367 e. The number of ether oxygens (including phenoxy) is 1. The Kier molecular flexibility index (Phi) is 4.70. The zero-order valence-corrected chi connectivity index (χ0v) is 15.3. The Morgan fingerprint density at radius 2 is 1.70 bits per heavy atom. The lowest BCUT2D eigenvalue weighted by Crippen LogP contribution is -2.61. The predicted molar refractivity (Wildman–Crippen MR) is 103 cm³/mol. The Morgan fingerprint density at radius 3 is 2.33 bits per heavy atom. The second kappa shape index (κ2) is 7.16. The number of primary amides is 1. The van der Waals surface area contributed by atoms with Crippen LogP contribution in [0.15, 0.2) is 54.6 Å². The highest BCUT2D eigenvalue weighted by molar-refractivity contribution is 5.87. The monoisotopic (exact) mass is 364 g/mol. The van der Waals surface area contributed by atoms with Crippen LogP contribution in [0.25, 0.3) is 11.1 Å². The first-order valence-corrected chi connectivity index (χ1v) is 9.44. The third kappa shape index (κ3) is 3.74. The first-order chi connectivity index (χ1) is 13.1. The van der Waals surface area contributed by atoms with Crippen molar-refractivity contribution in [1.82, 2.24) is 4.90 Å². The summed E-state index contributed by atoms with van der Waals surface area (Å²) in [7, 11) is 0. The molecule has 0 spiro atoms. The standard InChI is InChI=1S/C22H24N2O3/c23-21(26)22(15-24(12-13-27-22)20(25)19-10-11-19)14-16-6-8-18(9-7-16)17-4-2-1-3-5-17/h1-9,19H,10-15H2,(H2,23,26). The first kappa shape index (κ1) is 17.7. The minimum absolute atomic E-state index is 0.124. The van der Waals surface area contributed by atoms with E-state index in [0.717, 1.165) is 29.5 Å². The molecule has 27 heavy (non-hydrogen) atoms. The Balaban J connectivity index is 1.52. The topological polar surface area (TPSA) is 72.6 Å². The van der Waals surface area contributed by atoms with Crippen molar-refractivity contribution in [2.75, 3.05) is 19.7 Å². The Labute approximate surface area is 159 Å². The summed E-state index contributed by atoms with van der Waals surface area (Å²) in [6, 6.07) is 18.2. The fourth-order valence-electron chi connectivity index (χ4n) is 3.68. The van der Waals surface area contributed by atoms with E-state index in [9.17, 15) is 9.59 Å².